The van der Waals surface area contributed by atoms with Crippen molar-refractivity contribution in [3.8, 4) is 0 Å². The van der Waals surface area contributed by atoms with Gasteiger partial charge in [-0.15, -0.1) is 0 Å². The zero-order valence-corrected chi connectivity index (χ0v) is 18.7. The summed E-state index contributed by atoms with van der Waals surface area (Å²) in [6.07, 6.45) is 0.345. The Morgan fingerprint density at radius 3 is 2.31 bits per heavy atom. The van der Waals surface area contributed by atoms with Crippen LogP contribution in [-0.4, -0.2) is 70.1 Å². The lowest BCUT2D eigenvalue weighted by Gasteiger charge is -2.23. The molecule has 32 heavy (non-hydrogen) atoms. The van der Waals surface area contributed by atoms with Gasteiger partial charge in [-0.2, -0.15) is 37.7 Å². The molecule has 14 heteroatoms. The van der Waals surface area contributed by atoms with Gasteiger partial charge < -0.3 is 14.8 Å². The van der Waals surface area contributed by atoms with Gasteiger partial charge in [0.2, 0.25) is 11.8 Å². The van der Waals surface area contributed by atoms with Gasteiger partial charge in [0, 0.05) is 13.0 Å². The van der Waals surface area contributed by atoms with E-state index in [9.17, 15) is 36.0 Å². The predicted molar refractivity (Wildman–Crippen MR) is 111 cm³/mol. The number of carbonyl (C=O) groups is 3. The van der Waals surface area contributed by atoms with E-state index in [-0.39, 0.29) is 36.6 Å². The fraction of sp³-hybridized carbons (Fsp3) is 0.500. The number of alkyl halides is 3. The first kappa shape index (κ1) is 27.7. The van der Waals surface area contributed by atoms with E-state index >= 15 is 0 Å². The summed E-state index contributed by atoms with van der Waals surface area (Å²) < 4.78 is 72.2. The molecule has 0 aromatic heterocycles. The average molecular weight is 501 g/mol. The molecule has 0 saturated carbocycles. The van der Waals surface area contributed by atoms with E-state index in [1.165, 1.54) is 30.0 Å². The van der Waals surface area contributed by atoms with Crippen LogP contribution in [0.3, 0.4) is 0 Å². The Balaban J connectivity index is 2.49. The number of anilines is 1. The van der Waals surface area contributed by atoms with Crippen molar-refractivity contribution in [3.05, 3.63) is 30.3 Å². The molecular formula is C18H23F3N2O7S2. The van der Waals surface area contributed by atoms with Gasteiger partial charge in [0.15, 0.2) is 0 Å². The van der Waals surface area contributed by atoms with Crippen molar-refractivity contribution in [2.45, 2.75) is 18.3 Å². The number of nitrogens with one attached hydrogen (secondary N) is 1. The van der Waals surface area contributed by atoms with Crippen LogP contribution in [0.1, 0.15) is 12.8 Å². The zero-order valence-electron chi connectivity index (χ0n) is 17.1. The molecule has 0 saturated heterocycles. The third-order valence-electron chi connectivity index (χ3n) is 3.63. The SMILES string of the molecule is CSCC(=O)NCCOCCOC(=O)CCC(=O)N(c1ccccc1)S(=O)(=O)C(F)(F)F. The number of nitrogens with zero attached hydrogens (tertiary/aromatic N) is 1. The minimum absolute atomic E-state index is 0.00330. The van der Waals surface area contributed by atoms with Crippen LogP contribution in [0.25, 0.3) is 0 Å². The number of para-hydroxylation sites is 1. The van der Waals surface area contributed by atoms with Crippen LogP contribution >= 0.6 is 11.8 Å². The lowest BCUT2D eigenvalue weighted by Crippen LogP contribution is -2.44. The molecule has 1 N–H and O–H groups in total. The monoisotopic (exact) mass is 500 g/mol. The number of benzene rings is 1. The summed E-state index contributed by atoms with van der Waals surface area (Å²) in [6, 6.07) is 6.03. The molecular weight excluding hydrogens is 477 g/mol. The van der Waals surface area contributed by atoms with Gasteiger partial charge in [0.25, 0.3) is 0 Å². The van der Waals surface area contributed by atoms with Gasteiger partial charge in [-0.1, -0.05) is 18.2 Å². The molecule has 180 valence electrons. The molecule has 0 bridgehead atoms. The van der Waals surface area contributed by atoms with Crippen molar-refractivity contribution in [2.75, 3.05) is 42.7 Å². The number of hydrogen-bond donors (Lipinski definition) is 1. The van der Waals surface area contributed by atoms with Crippen LogP contribution in [0.4, 0.5) is 18.9 Å². The lowest BCUT2D eigenvalue weighted by atomic mass is 10.2. The summed E-state index contributed by atoms with van der Waals surface area (Å²) in [5.74, 6) is -2.16. The number of esters is 1. The second kappa shape index (κ2) is 13.3. The fourth-order valence-electron chi connectivity index (χ4n) is 2.23. The second-order valence-electron chi connectivity index (χ2n) is 6.06. The molecule has 0 aliphatic carbocycles. The molecule has 0 aliphatic heterocycles. The van der Waals surface area contributed by atoms with Crippen molar-refractivity contribution in [3.63, 3.8) is 0 Å². The number of carbonyl (C=O) groups excluding carboxylic acids is 3. The Bertz CT molecular complexity index is 865. The second-order valence-corrected chi connectivity index (χ2v) is 8.70. The predicted octanol–water partition coefficient (Wildman–Crippen LogP) is 1.69. The molecule has 0 unspecified atom stereocenters. The first-order chi connectivity index (χ1) is 15.0. The van der Waals surface area contributed by atoms with Crippen molar-refractivity contribution >= 4 is 45.3 Å². The maximum atomic E-state index is 13.0. The average Bonchev–Trinajstić information content (AvgIpc) is 2.71. The summed E-state index contributed by atoms with van der Waals surface area (Å²) >= 11 is 1.37. The third kappa shape index (κ3) is 9.04. The smallest absolute Gasteiger partial charge is 0.463 e. The van der Waals surface area contributed by atoms with E-state index < -0.39 is 45.9 Å². The molecule has 0 fully saturated rings. The number of ether oxygens (including phenoxy) is 2. The highest BCUT2D eigenvalue weighted by Crippen LogP contribution is 2.31. The Hall–Kier alpha value is -2.32. The minimum Gasteiger partial charge on any atom is -0.463 e. The Morgan fingerprint density at radius 1 is 1.06 bits per heavy atom. The summed E-state index contributed by atoms with van der Waals surface area (Å²) in [5, 5.41) is 2.60. The molecule has 1 aromatic carbocycles. The quantitative estimate of drug-likeness (QED) is 0.321. The maximum Gasteiger partial charge on any atom is 0.517 e. The molecule has 0 spiro atoms. The van der Waals surface area contributed by atoms with Gasteiger partial charge in [0.05, 0.1) is 31.1 Å². The normalized spacial score (nSPS) is 11.6. The third-order valence-corrected chi connectivity index (χ3v) is 5.66. The maximum absolute atomic E-state index is 13.0. The number of sulfonamides is 1. The van der Waals surface area contributed by atoms with E-state index in [1.54, 1.807) is 6.26 Å². The standard InChI is InChI=1S/C18H23F3N2O7S2/c1-31-13-15(24)22-9-10-29-11-12-30-17(26)8-7-16(25)23(14-5-3-2-4-6-14)32(27,28)18(19,20)21/h2-6H,7-13H2,1H3,(H,22,24). The van der Waals surface area contributed by atoms with Gasteiger partial charge >= 0.3 is 21.5 Å². The Morgan fingerprint density at radius 2 is 1.72 bits per heavy atom. The van der Waals surface area contributed by atoms with Crippen LogP contribution in [0.15, 0.2) is 30.3 Å². The molecule has 0 atom stereocenters. The molecule has 1 rings (SSSR count). The number of hydrogen-bond acceptors (Lipinski definition) is 8. The summed E-state index contributed by atoms with van der Waals surface area (Å²) in [6.45, 7) is 0.258. The number of amides is 2. The highest BCUT2D eigenvalue weighted by atomic mass is 32.2. The zero-order chi connectivity index (χ0) is 24.2. The summed E-state index contributed by atoms with van der Waals surface area (Å²) in [5.41, 5.74) is -6.20. The van der Waals surface area contributed by atoms with E-state index in [2.05, 4.69) is 5.32 Å². The van der Waals surface area contributed by atoms with E-state index in [0.29, 0.717) is 5.75 Å². The van der Waals surface area contributed by atoms with Crippen molar-refractivity contribution in [1.29, 1.82) is 0 Å². The van der Waals surface area contributed by atoms with Crippen molar-refractivity contribution < 1.29 is 45.4 Å². The molecule has 1 aromatic rings. The first-order valence-corrected chi connectivity index (χ1v) is 12.0. The molecule has 0 heterocycles. The van der Waals surface area contributed by atoms with E-state index in [0.717, 1.165) is 12.1 Å². The van der Waals surface area contributed by atoms with E-state index in [1.807, 2.05) is 0 Å². The number of halogens is 3. The Labute approximate surface area is 187 Å². The number of rotatable bonds is 13. The molecule has 0 aliphatic rings. The van der Waals surface area contributed by atoms with Gasteiger partial charge in [-0.3, -0.25) is 14.4 Å². The Kier molecular flexibility index (Phi) is 11.5. The van der Waals surface area contributed by atoms with Gasteiger partial charge in [0.1, 0.15) is 6.61 Å². The topological polar surface area (TPSA) is 119 Å². The van der Waals surface area contributed by atoms with Crippen molar-refractivity contribution in [2.24, 2.45) is 0 Å². The molecule has 0 radical (unpaired) electrons. The summed E-state index contributed by atoms with van der Waals surface area (Å²) in [7, 11) is -6.00. The van der Waals surface area contributed by atoms with Crippen molar-refractivity contribution in [1.82, 2.24) is 5.32 Å². The van der Waals surface area contributed by atoms with Crippen LogP contribution in [0, 0.1) is 0 Å². The van der Waals surface area contributed by atoms with Crippen LogP contribution in [-0.2, 0) is 33.9 Å². The van der Waals surface area contributed by atoms with Gasteiger partial charge in [-0.05, 0) is 18.4 Å². The highest BCUT2D eigenvalue weighted by molar-refractivity contribution is 7.99. The minimum atomic E-state index is -6.00. The highest BCUT2D eigenvalue weighted by Gasteiger charge is 2.52. The fourth-order valence-corrected chi connectivity index (χ4v) is 3.56. The lowest BCUT2D eigenvalue weighted by molar-refractivity contribution is -0.146. The van der Waals surface area contributed by atoms with Crippen LogP contribution in [0.2, 0.25) is 0 Å². The van der Waals surface area contributed by atoms with Crippen LogP contribution < -0.4 is 9.62 Å². The first-order valence-electron chi connectivity index (χ1n) is 9.19. The molecule has 9 nitrogen and oxygen atoms in total. The molecule has 2 amide bonds. The van der Waals surface area contributed by atoms with Gasteiger partial charge in [-0.25, -0.2) is 0 Å². The number of thioether (sulfide) groups is 1. The summed E-state index contributed by atoms with van der Waals surface area (Å²) in [4.78, 5) is 35.2. The van der Waals surface area contributed by atoms with Crippen LogP contribution in [0.5, 0.6) is 0 Å². The van der Waals surface area contributed by atoms with E-state index in [4.69, 9.17) is 9.47 Å². The largest absolute Gasteiger partial charge is 0.517 e.